The number of pyridine rings is 1. The summed E-state index contributed by atoms with van der Waals surface area (Å²) in [4.78, 5) is 33.1. The van der Waals surface area contributed by atoms with Crippen LogP contribution in [0.15, 0.2) is 48.7 Å². The minimum atomic E-state index is -1.06. The Bertz CT molecular complexity index is 1200. The second-order valence-electron chi connectivity index (χ2n) is 9.71. The highest BCUT2D eigenvalue weighted by Gasteiger charge is 2.43. The number of Topliss-reactive ketones (excluding diaryl/α,β-unsaturated/α-hetero) is 1. The van der Waals surface area contributed by atoms with Crippen molar-refractivity contribution < 1.29 is 14.0 Å². The molecule has 1 saturated carbocycles. The van der Waals surface area contributed by atoms with Crippen molar-refractivity contribution in [2.75, 3.05) is 5.32 Å². The Hall–Kier alpha value is -3.28. The largest absolute Gasteiger partial charge is 0.358 e. The molecule has 2 aliphatic carbocycles. The van der Waals surface area contributed by atoms with Crippen LogP contribution in [0, 0.1) is 11.3 Å². The fourth-order valence-electron chi connectivity index (χ4n) is 4.66. The molecule has 164 valence electrons. The summed E-state index contributed by atoms with van der Waals surface area (Å²) in [5.74, 6) is -0.368. The van der Waals surface area contributed by atoms with Crippen LogP contribution in [0.25, 0.3) is 11.3 Å². The summed E-state index contributed by atoms with van der Waals surface area (Å²) in [6.45, 7) is 4.22. The highest BCUT2D eigenvalue weighted by molar-refractivity contribution is 6.02. The lowest BCUT2D eigenvalue weighted by Gasteiger charge is -2.28. The van der Waals surface area contributed by atoms with Crippen LogP contribution in [0.5, 0.6) is 0 Å². The number of halogens is 1. The van der Waals surface area contributed by atoms with Gasteiger partial charge in [0.05, 0.1) is 11.6 Å². The number of amides is 1. The Morgan fingerprint density at radius 3 is 2.69 bits per heavy atom. The molecule has 2 atom stereocenters. The van der Waals surface area contributed by atoms with Gasteiger partial charge in [0, 0.05) is 35.9 Å². The number of hydrogen-bond donors (Lipinski definition) is 2. The number of hydrogen-bond acceptors (Lipinski definition) is 3. The maximum Gasteiger partial charge on any atom is 0.231 e. The van der Waals surface area contributed by atoms with E-state index in [2.05, 4.69) is 41.3 Å². The first-order chi connectivity index (χ1) is 15.3. The number of aromatic nitrogens is 2. The van der Waals surface area contributed by atoms with Gasteiger partial charge in [0.1, 0.15) is 12.0 Å². The summed E-state index contributed by atoms with van der Waals surface area (Å²) >= 11 is 0. The first-order valence-electron chi connectivity index (χ1n) is 11.0. The predicted molar refractivity (Wildman–Crippen MR) is 121 cm³/mol. The van der Waals surface area contributed by atoms with Crippen molar-refractivity contribution in [3.8, 4) is 11.3 Å². The molecule has 1 amide bonds. The van der Waals surface area contributed by atoms with Crippen molar-refractivity contribution in [2.24, 2.45) is 11.3 Å². The normalized spacial score (nSPS) is 21.2. The number of anilines is 1. The number of ketones is 1. The standard InChI is InChI=1S/C26H26FN3O2/c1-26(2)13-20-23(21(31)14-26)18(10-15-6-4-3-5-7-15)24(29-20)16-8-9-28-22(11-16)30-25(32)17-12-19(17)27/h3-9,11,17,19,29H,10,12-14H2,1-2H3,(H,28,30,32)/t17-,19+/m0/s1. The van der Waals surface area contributed by atoms with Gasteiger partial charge in [0.25, 0.3) is 0 Å². The number of carbonyl (C=O) groups excluding carboxylic acids is 2. The molecule has 5 nitrogen and oxygen atoms in total. The van der Waals surface area contributed by atoms with Gasteiger partial charge in [-0.3, -0.25) is 9.59 Å². The van der Waals surface area contributed by atoms with E-state index in [1.165, 1.54) is 0 Å². The maximum atomic E-state index is 13.2. The monoisotopic (exact) mass is 431 g/mol. The number of nitrogens with zero attached hydrogens (tertiary/aromatic N) is 1. The summed E-state index contributed by atoms with van der Waals surface area (Å²) in [6, 6.07) is 13.7. The predicted octanol–water partition coefficient (Wildman–Crippen LogP) is 5.12. The lowest BCUT2D eigenvalue weighted by Crippen LogP contribution is -2.27. The van der Waals surface area contributed by atoms with Crippen LogP contribution in [-0.4, -0.2) is 27.8 Å². The summed E-state index contributed by atoms with van der Waals surface area (Å²) in [5, 5.41) is 2.73. The molecule has 0 bridgehead atoms. The molecule has 1 aromatic carbocycles. The lowest BCUT2D eigenvalue weighted by molar-refractivity contribution is -0.117. The van der Waals surface area contributed by atoms with E-state index in [9.17, 15) is 14.0 Å². The molecule has 0 saturated heterocycles. The van der Waals surface area contributed by atoms with Crippen LogP contribution in [0.3, 0.4) is 0 Å². The minimum Gasteiger partial charge on any atom is -0.358 e. The van der Waals surface area contributed by atoms with Gasteiger partial charge in [-0.1, -0.05) is 44.2 Å². The number of rotatable bonds is 5. The number of fused-ring (bicyclic) bond motifs is 1. The highest BCUT2D eigenvalue weighted by Crippen LogP contribution is 2.40. The van der Waals surface area contributed by atoms with Gasteiger partial charge in [-0.15, -0.1) is 0 Å². The number of H-pyrrole nitrogens is 1. The van der Waals surface area contributed by atoms with E-state index >= 15 is 0 Å². The second-order valence-corrected chi connectivity index (χ2v) is 9.71. The molecule has 32 heavy (non-hydrogen) atoms. The van der Waals surface area contributed by atoms with Crippen molar-refractivity contribution in [3.05, 3.63) is 71.0 Å². The Labute approximate surface area is 186 Å². The molecule has 2 heterocycles. The number of nitrogens with one attached hydrogen (secondary N) is 2. The minimum absolute atomic E-state index is 0.0965. The highest BCUT2D eigenvalue weighted by atomic mass is 19.1. The van der Waals surface area contributed by atoms with E-state index in [4.69, 9.17) is 0 Å². The van der Waals surface area contributed by atoms with Crippen LogP contribution in [0.4, 0.5) is 10.2 Å². The Morgan fingerprint density at radius 1 is 1.22 bits per heavy atom. The zero-order valence-corrected chi connectivity index (χ0v) is 18.2. The van der Waals surface area contributed by atoms with E-state index in [1.54, 1.807) is 12.3 Å². The average Bonchev–Trinajstić information content (AvgIpc) is 3.37. The van der Waals surface area contributed by atoms with Gasteiger partial charge in [-0.2, -0.15) is 0 Å². The van der Waals surface area contributed by atoms with Crippen LogP contribution in [0.2, 0.25) is 0 Å². The first-order valence-corrected chi connectivity index (χ1v) is 11.0. The molecule has 2 aliphatic rings. The zero-order chi connectivity index (χ0) is 22.5. The van der Waals surface area contributed by atoms with Crippen LogP contribution >= 0.6 is 0 Å². The van der Waals surface area contributed by atoms with Gasteiger partial charge >= 0.3 is 0 Å². The molecule has 6 heteroatoms. The third-order valence-electron chi connectivity index (χ3n) is 6.33. The van der Waals surface area contributed by atoms with Crippen molar-refractivity contribution >= 4 is 17.5 Å². The quantitative estimate of drug-likeness (QED) is 0.589. The van der Waals surface area contributed by atoms with Crippen LogP contribution in [0.1, 0.15) is 53.9 Å². The number of aromatic amines is 1. The maximum absolute atomic E-state index is 13.2. The summed E-state index contributed by atoms with van der Waals surface area (Å²) < 4.78 is 13.2. The Balaban J connectivity index is 1.55. The van der Waals surface area contributed by atoms with Crippen molar-refractivity contribution in [2.45, 2.75) is 45.7 Å². The van der Waals surface area contributed by atoms with Crippen LogP contribution < -0.4 is 5.32 Å². The van der Waals surface area contributed by atoms with Gasteiger partial charge < -0.3 is 10.3 Å². The Morgan fingerprint density at radius 2 is 1.97 bits per heavy atom. The van der Waals surface area contributed by atoms with Gasteiger partial charge in [-0.05, 0) is 41.5 Å². The smallest absolute Gasteiger partial charge is 0.231 e. The molecule has 5 rings (SSSR count). The molecular weight excluding hydrogens is 405 g/mol. The number of alkyl halides is 1. The number of benzene rings is 1. The van der Waals surface area contributed by atoms with E-state index in [0.29, 0.717) is 18.7 Å². The van der Waals surface area contributed by atoms with Gasteiger partial charge in [0.15, 0.2) is 5.78 Å². The van der Waals surface area contributed by atoms with Crippen molar-refractivity contribution in [1.29, 1.82) is 0 Å². The molecule has 0 radical (unpaired) electrons. The Kier molecular flexibility index (Phi) is 4.96. The summed E-state index contributed by atoms with van der Waals surface area (Å²) in [5.41, 5.74) is 5.48. The molecule has 0 aliphatic heterocycles. The molecule has 1 fully saturated rings. The second kappa shape index (κ2) is 7.69. The van der Waals surface area contributed by atoms with E-state index < -0.39 is 12.1 Å². The van der Waals surface area contributed by atoms with Crippen molar-refractivity contribution in [1.82, 2.24) is 9.97 Å². The first kappa shape index (κ1) is 20.6. The van der Waals surface area contributed by atoms with Gasteiger partial charge in [0.2, 0.25) is 5.91 Å². The summed E-state index contributed by atoms with van der Waals surface area (Å²) in [7, 11) is 0. The zero-order valence-electron chi connectivity index (χ0n) is 18.2. The third-order valence-corrected chi connectivity index (χ3v) is 6.33. The van der Waals surface area contributed by atoms with Crippen LogP contribution in [-0.2, 0) is 17.6 Å². The fourth-order valence-corrected chi connectivity index (χ4v) is 4.66. The molecular formula is C26H26FN3O2. The molecule has 2 N–H and O–H groups in total. The van der Waals surface area contributed by atoms with E-state index in [1.807, 2.05) is 24.3 Å². The van der Waals surface area contributed by atoms with Gasteiger partial charge in [-0.25, -0.2) is 9.37 Å². The van der Waals surface area contributed by atoms with E-state index in [-0.39, 0.29) is 23.5 Å². The average molecular weight is 432 g/mol. The van der Waals surface area contributed by atoms with Crippen molar-refractivity contribution in [3.63, 3.8) is 0 Å². The molecule has 2 aromatic heterocycles. The number of carbonyl (C=O) groups is 2. The van der Waals surface area contributed by atoms with E-state index in [0.717, 1.165) is 40.1 Å². The topological polar surface area (TPSA) is 74.8 Å². The molecule has 0 unspecified atom stereocenters. The molecule has 3 aromatic rings. The fraction of sp³-hybridized carbons (Fsp3) is 0.346. The third kappa shape index (κ3) is 3.97. The lowest BCUT2D eigenvalue weighted by atomic mass is 9.75. The molecule has 0 spiro atoms. The summed E-state index contributed by atoms with van der Waals surface area (Å²) in [6.07, 6.45) is 2.78. The SMILES string of the molecule is CC1(C)CC(=O)c2c([nH]c(-c3ccnc(NC(=O)[C@H]4C[C@H]4F)c3)c2Cc2ccccc2)C1.